The van der Waals surface area contributed by atoms with Crippen LogP contribution in [0.25, 0.3) is 16.7 Å². The van der Waals surface area contributed by atoms with E-state index in [1.54, 1.807) is 0 Å². The SMILES string of the molecule is CCNC(=O)c1cc2c(n3c1nc1ccccc13)N=CCC2N1CCC(C(CC)C(C)C)C1. The molecule has 0 radical (unpaired) electrons. The molecule has 2 aromatic heterocycles. The lowest BCUT2D eigenvalue weighted by molar-refractivity contribution is 0.0956. The summed E-state index contributed by atoms with van der Waals surface area (Å²) in [5.74, 6) is 3.05. The molecule has 0 aliphatic carbocycles. The van der Waals surface area contributed by atoms with E-state index in [0.29, 0.717) is 23.7 Å². The summed E-state index contributed by atoms with van der Waals surface area (Å²) < 4.78 is 2.09. The van der Waals surface area contributed by atoms with E-state index in [2.05, 4.69) is 53.7 Å². The van der Waals surface area contributed by atoms with Crippen molar-refractivity contribution in [1.29, 1.82) is 0 Å². The van der Waals surface area contributed by atoms with Crippen LogP contribution in [0, 0.1) is 17.8 Å². The molecule has 3 aromatic rings. The van der Waals surface area contributed by atoms with Crippen molar-refractivity contribution in [3.8, 4) is 0 Å². The van der Waals surface area contributed by atoms with Crippen LogP contribution < -0.4 is 5.32 Å². The largest absolute Gasteiger partial charge is 0.352 e. The average molecular weight is 446 g/mol. The number of aromatic nitrogens is 2. The minimum Gasteiger partial charge on any atom is -0.352 e. The Morgan fingerprint density at radius 2 is 2.06 bits per heavy atom. The Hall–Kier alpha value is -2.73. The lowest BCUT2D eigenvalue weighted by Gasteiger charge is -2.32. The number of nitrogens with one attached hydrogen (secondary N) is 1. The fourth-order valence-electron chi connectivity index (χ4n) is 6.14. The predicted octanol–water partition coefficient (Wildman–Crippen LogP) is 5.39. The van der Waals surface area contributed by atoms with Gasteiger partial charge in [-0.3, -0.25) is 14.1 Å². The Morgan fingerprint density at radius 3 is 2.82 bits per heavy atom. The molecule has 1 fully saturated rings. The molecule has 5 rings (SSSR count). The fraction of sp³-hybridized carbons (Fsp3) is 0.519. The van der Waals surface area contributed by atoms with Gasteiger partial charge in [-0.25, -0.2) is 9.98 Å². The van der Waals surface area contributed by atoms with Crippen LogP contribution in [0.5, 0.6) is 0 Å². The number of fused-ring (bicyclic) bond motifs is 5. The second-order valence-electron chi connectivity index (χ2n) is 9.88. The number of nitrogens with zero attached hydrogens (tertiary/aromatic N) is 4. The maximum absolute atomic E-state index is 13.1. The van der Waals surface area contributed by atoms with Crippen molar-refractivity contribution in [2.45, 2.75) is 53.0 Å². The van der Waals surface area contributed by atoms with Gasteiger partial charge in [0.15, 0.2) is 5.65 Å². The first kappa shape index (κ1) is 22.1. The molecule has 33 heavy (non-hydrogen) atoms. The van der Waals surface area contributed by atoms with Crippen molar-refractivity contribution < 1.29 is 4.79 Å². The quantitative estimate of drug-likeness (QED) is 0.553. The van der Waals surface area contributed by atoms with Gasteiger partial charge in [0.05, 0.1) is 16.6 Å². The molecule has 6 nitrogen and oxygen atoms in total. The standard InChI is InChI=1S/C27H35N5O/c1-5-19(17(3)4)18-12-14-31(16-18)23-11-13-29-25-20(23)15-21(27(33)28-6-2)26-30-22-9-7-8-10-24(22)32(25)26/h7-10,13,15,17-19,23H,5-6,11-12,14,16H2,1-4H3,(H,28,33). The van der Waals surface area contributed by atoms with Gasteiger partial charge in [0, 0.05) is 37.3 Å². The summed E-state index contributed by atoms with van der Waals surface area (Å²) in [7, 11) is 0. The van der Waals surface area contributed by atoms with Crippen molar-refractivity contribution in [3.63, 3.8) is 0 Å². The molecule has 1 N–H and O–H groups in total. The molecule has 1 amide bonds. The van der Waals surface area contributed by atoms with Crippen molar-refractivity contribution >= 4 is 34.6 Å². The van der Waals surface area contributed by atoms with Gasteiger partial charge in [-0.05, 0) is 55.8 Å². The lowest BCUT2D eigenvalue weighted by Crippen LogP contribution is -2.31. The van der Waals surface area contributed by atoms with E-state index >= 15 is 0 Å². The fourth-order valence-corrected chi connectivity index (χ4v) is 6.14. The maximum Gasteiger partial charge on any atom is 0.255 e. The number of amides is 1. The van der Waals surface area contributed by atoms with Crippen molar-refractivity contribution in [2.75, 3.05) is 19.6 Å². The molecule has 0 saturated carbocycles. The van der Waals surface area contributed by atoms with Crippen LogP contribution in [0.4, 0.5) is 5.82 Å². The average Bonchev–Trinajstić information content (AvgIpc) is 3.44. The summed E-state index contributed by atoms with van der Waals surface area (Å²) in [6, 6.07) is 10.4. The minimum absolute atomic E-state index is 0.0703. The number of carbonyl (C=O) groups is 1. The predicted molar refractivity (Wildman–Crippen MR) is 135 cm³/mol. The monoisotopic (exact) mass is 445 g/mol. The first-order valence-corrected chi connectivity index (χ1v) is 12.5. The number of hydrogen-bond donors (Lipinski definition) is 1. The Balaban J connectivity index is 1.62. The molecule has 4 heterocycles. The van der Waals surface area contributed by atoms with Crippen LogP contribution in [0.15, 0.2) is 35.3 Å². The highest BCUT2D eigenvalue weighted by Crippen LogP contribution is 2.42. The number of aliphatic imine (C=N–C) groups is 1. The Morgan fingerprint density at radius 1 is 1.24 bits per heavy atom. The Bertz CT molecular complexity index is 1210. The van der Waals surface area contributed by atoms with Crippen LogP contribution in [0.2, 0.25) is 0 Å². The van der Waals surface area contributed by atoms with Gasteiger partial charge in [0.1, 0.15) is 5.82 Å². The van der Waals surface area contributed by atoms with Crippen molar-refractivity contribution in [2.24, 2.45) is 22.7 Å². The number of rotatable bonds is 6. The molecular weight excluding hydrogens is 410 g/mol. The Labute approximate surface area is 196 Å². The second kappa shape index (κ2) is 8.90. The number of carbonyl (C=O) groups excluding carboxylic acids is 1. The molecule has 3 atom stereocenters. The number of hydrogen-bond acceptors (Lipinski definition) is 4. The molecular formula is C27H35N5O. The first-order chi connectivity index (χ1) is 16.0. The highest BCUT2D eigenvalue weighted by Gasteiger charge is 2.36. The smallest absolute Gasteiger partial charge is 0.255 e. The molecule has 0 spiro atoms. The van der Waals surface area contributed by atoms with Crippen LogP contribution in [0.1, 0.15) is 68.9 Å². The van der Waals surface area contributed by atoms with E-state index in [4.69, 9.17) is 9.98 Å². The lowest BCUT2D eigenvalue weighted by atomic mass is 9.81. The van der Waals surface area contributed by atoms with Crippen LogP contribution in [-0.4, -0.2) is 46.0 Å². The number of para-hydroxylation sites is 2. The van der Waals surface area contributed by atoms with Crippen LogP contribution in [-0.2, 0) is 0 Å². The summed E-state index contributed by atoms with van der Waals surface area (Å²) >= 11 is 0. The van der Waals surface area contributed by atoms with Gasteiger partial charge in [0.25, 0.3) is 5.91 Å². The van der Waals surface area contributed by atoms with Gasteiger partial charge in [-0.1, -0.05) is 39.3 Å². The number of benzene rings is 1. The van der Waals surface area contributed by atoms with Gasteiger partial charge < -0.3 is 5.32 Å². The summed E-state index contributed by atoms with van der Waals surface area (Å²) in [5.41, 5.74) is 4.35. The molecule has 174 valence electrons. The molecule has 6 heteroatoms. The zero-order chi connectivity index (χ0) is 23.1. The highest BCUT2D eigenvalue weighted by molar-refractivity contribution is 6.03. The van der Waals surface area contributed by atoms with E-state index in [1.807, 2.05) is 25.1 Å². The van der Waals surface area contributed by atoms with Crippen LogP contribution in [0.3, 0.4) is 0 Å². The topological polar surface area (TPSA) is 62.0 Å². The summed E-state index contributed by atoms with van der Waals surface area (Å²) in [6.45, 7) is 11.8. The summed E-state index contributed by atoms with van der Waals surface area (Å²) in [4.78, 5) is 25.4. The zero-order valence-corrected chi connectivity index (χ0v) is 20.2. The molecule has 3 unspecified atom stereocenters. The number of pyridine rings is 1. The van der Waals surface area contributed by atoms with Gasteiger partial charge in [-0.15, -0.1) is 0 Å². The van der Waals surface area contributed by atoms with Crippen molar-refractivity contribution in [1.82, 2.24) is 19.6 Å². The third-order valence-corrected chi connectivity index (χ3v) is 7.68. The minimum atomic E-state index is -0.0703. The number of likely N-dealkylation sites (tertiary alicyclic amines) is 1. The second-order valence-corrected chi connectivity index (χ2v) is 9.88. The van der Waals surface area contributed by atoms with Crippen molar-refractivity contribution in [3.05, 3.63) is 41.5 Å². The third kappa shape index (κ3) is 3.74. The molecule has 0 bridgehead atoms. The van der Waals surface area contributed by atoms with E-state index in [0.717, 1.165) is 53.8 Å². The van der Waals surface area contributed by atoms with Gasteiger partial charge in [-0.2, -0.15) is 0 Å². The van der Waals surface area contributed by atoms with E-state index in [-0.39, 0.29) is 11.9 Å². The maximum atomic E-state index is 13.1. The van der Waals surface area contributed by atoms with Gasteiger partial charge in [0.2, 0.25) is 0 Å². The summed E-state index contributed by atoms with van der Waals surface area (Å²) in [5, 5.41) is 2.99. The summed E-state index contributed by atoms with van der Waals surface area (Å²) in [6.07, 6.45) is 5.42. The first-order valence-electron chi connectivity index (χ1n) is 12.5. The normalized spacial score (nSPS) is 21.7. The van der Waals surface area contributed by atoms with Gasteiger partial charge >= 0.3 is 0 Å². The zero-order valence-electron chi connectivity index (χ0n) is 20.2. The third-order valence-electron chi connectivity index (χ3n) is 7.68. The highest BCUT2D eigenvalue weighted by atomic mass is 16.1. The molecule has 2 aliphatic rings. The van der Waals surface area contributed by atoms with E-state index in [9.17, 15) is 4.79 Å². The molecule has 1 aromatic carbocycles. The molecule has 2 aliphatic heterocycles. The van der Waals surface area contributed by atoms with Crippen LogP contribution >= 0.6 is 0 Å². The van der Waals surface area contributed by atoms with E-state index < -0.39 is 0 Å². The van der Waals surface area contributed by atoms with E-state index in [1.165, 1.54) is 12.8 Å². The Kier molecular flexibility index (Phi) is 5.95. The number of imidazole rings is 1. The molecule has 1 saturated heterocycles.